The zero-order chi connectivity index (χ0) is 16.0. The van der Waals surface area contributed by atoms with Gasteiger partial charge in [0.05, 0.1) is 9.82 Å². The minimum absolute atomic E-state index is 0.00967. The van der Waals surface area contributed by atoms with E-state index in [1.54, 1.807) is 6.92 Å². The lowest BCUT2D eigenvalue weighted by Crippen LogP contribution is -2.34. The van der Waals surface area contributed by atoms with Gasteiger partial charge >= 0.3 is 0 Å². The zero-order valence-corrected chi connectivity index (χ0v) is 12.6. The van der Waals surface area contributed by atoms with Gasteiger partial charge in [0.25, 0.3) is 5.69 Å². The van der Waals surface area contributed by atoms with Crippen molar-refractivity contribution in [3.05, 3.63) is 33.9 Å². The third-order valence-electron chi connectivity index (χ3n) is 2.75. The van der Waals surface area contributed by atoms with Gasteiger partial charge in [-0.25, -0.2) is 13.1 Å². The number of amides is 1. The van der Waals surface area contributed by atoms with Crippen LogP contribution in [-0.4, -0.2) is 32.3 Å². The molecule has 0 aliphatic heterocycles. The van der Waals surface area contributed by atoms with E-state index in [0.29, 0.717) is 12.0 Å². The normalized spacial score (nSPS) is 11.1. The maximum absolute atomic E-state index is 12.0. The van der Waals surface area contributed by atoms with E-state index in [9.17, 15) is 23.3 Å². The van der Waals surface area contributed by atoms with Crippen LogP contribution < -0.4 is 10.0 Å². The molecule has 0 aliphatic carbocycles. The SMILES string of the molecule is CCC(=O)NCCNS(=O)(=O)c1ccc(C)c([N+](=O)[O-])c1. The molecule has 0 unspecified atom stereocenters. The molecule has 0 bridgehead atoms. The number of rotatable bonds is 7. The first-order chi connectivity index (χ1) is 9.77. The standard InChI is InChI=1S/C12H17N3O5S/c1-3-12(16)13-6-7-14-21(19,20)10-5-4-9(2)11(8-10)15(17)18/h4-5,8,14H,3,6-7H2,1-2H3,(H,13,16). The van der Waals surface area contributed by atoms with E-state index < -0.39 is 14.9 Å². The highest BCUT2D eigenvalue weighted by Gasteiger charge is 2.19. The highest BCUT2D eigenvalue weighted by molar-refractivity contribution is 7.89. The first-order valence-corrected chi connectivity index (χ1v) is 7.77. The van der Waals surface area contributed by atoms with E-state index >= 15 is 0 Å². The van der Waals surface area contributed by atoms with E-state index in [2.05, 4.69) is 10.0 Å². The summed E-state index contributed by atoms with van der Waals surface area (Å²) in [5.74, 6) is -0.180. The van der Waals surface area contributed by atoms with Crippen LogP contribution in [-0.2, 0) is 14.8 Å². The predicted octanol–water partition coefficient (Wildman–Crippen LogP) is 0.708. The van der Waals surface area contributed by atoms with Gasteiger partial charge in [0, 0.05) is 31.1 Å². The van der Waals surface area contributed by atoms with Crippen LogP contribution in [0.2, 0.25) is 0 Å². The third-order valence-corrected chi connectivity index (χ3v) is 4.21. The van der Waals surface area contributed by atoms with Crippen molar-refractivity contribution >= 4 is 21.6 Å². The molecule has 21 heavy (non-hydrogen) atoms. The number of nitrogens with zero attached hydrogens (tertiary/aromatic N) is 1. The summed E-state index contributed by atoms with van der Waals surface area (Å²) in [6, 6.07) is 3.70. The minimum Gasteiger partial charge on any atom is -0.355 e. The molecular weight excluding hydrogens is 298 g/mol. The van der Waals surface area contributed by atoms with Gasteiger partial charge in [0.2, 0.25) is 15.9 Å². The van der Waals surface area contributed by atoms with Gasteiger partial charge in [-0.05, 0) is 13.0 Å². The maximum atomic E-state index is 12.0. The van der Waals surface area contributed by atoms with Crippen molar-refractivity contribution in [1.82, 2.24) is 10.0 Å². The number of aryl methyl sites for hydroxylation is 1. The van der Waals surface area contributed by atoms with Crippen LogP contribution in [0.15, 0.2) is 23.1 Å². The fraction of sp³-hybridized carbons (Fsp3) is 0.417. The molecular formula is C12H17N3O5S. The van der Waals surface area contributed by atoms with E-state index in [-0.39, 0.29) is 29.6 Å². The molecule has 0 fully saturated rings. The second-order valence-corrected chi connectivity index (χ2v) is 6.07. The number of hydrogen-bond donors (Lipinski definition) is 2. The first-order valence-electron chi connectivity index (χ1n) is 6.29. The van der Waals surface area contributed by atoms with Crippen LogP contribution in [0.1, 0.15) is 18.9 Å². The monoisotopic (exact) mass is 315 g/mol. The number of carbonyl (C=O) groups excluding carboxylic acids is 1. The van der Waals surface area contributed by atoms with Crippen molar-refractivity contribution in [2.75, 3.05) is 13.1 Å². The van der Waals surface area contributed by atoms with Gasteiger partial charge in [0.15, 0.2) is 0 Å². The molecule has 1 aromatic carbocycles. The Bertz CT molecular complexity index is 642. The Balaban J connectivity index is 2.77. The fourth-order valence-electron chi connectivity index (χ4n) is 1.55. The van der Waals surface area contributed by atoms with Crippen molar-refractivity contribution < 1.29 is 18.1 Å². The van der Waals surface area contributed by atoms with Crippen molar-refractivity contribution in [3.63, 3.8) is 0 Å². The van der Waals surface area contributed by atoms with Crippen molar-refractivity contribution in [2.24, 2.45) is 0 Å². The number of nitrogens with one attached hydrogen (secondary N) is 2. The van der Waals surface area contributed by atoms with Crippen molar-refractivity contribution in [3.8, 4) is 0 Å². The summed E-state index contributed by atoms with van der Waals surface area (Å²) in [5.41, 5.74) is 0.131. The second kappa shape index (κ2) is 7.14. The molecule has 0 radical (unpaired) electrons. The second-order valence-electron chi connectivity index (χ2n) is 4.31. The largest absolute Gasteiger partial charge is 0.355 e. The van der Waals surface area contributed by atoms with E-state index in [0.717, 1.165) is 6.07 Å². The Morgan fingerprint density at radius 2 is 2.00 bits per heavy atom. The Labute approximate surface area is 122 Å². The molecule has 0 saturated heterocycles. The van der Waals surface area contributed by atoms with Crippen LogP contribution >= 0.6 is 0 Å². The molecule has 8 nitrogen and oxygen atoms in total. The molecule has 9 heteroatoms. The zero-order valence-electron chi connectivity index (χ0n) is 11.8. The van der Waals surface area contributed by atoms with Crippen LogP contribution in [0.4, 0.5) is 5.69 Å². The average molecular weight is 315 g/mol. The maximum Gasteiger partial charge on any atom is 0.273 e. The first kappa shape index (κ1) is 17.1. The van der Waals surface area contributed by atoms with Gasteiger partial charge in [0.1, 0.15) is 0 Å². The molecule has 0 spiro atoms. The smallest absolute Gasteiger partial charge is 0.273 e. The molecule has 0 atom stereocenters. The molecule has 0 heterocycles. The molecule has 0 saturated carbocycles. The average Bonchev–Trinajstić information content (AvgIpc) is 2.43. The Morgan fingerprint density at radius 3 is 2.57 bits per heavy atom. The van der Waals surface area contributed by atoms with E-state index in [4.69, 9.17) is 0 Å². The summed E-state index contributed by atoms with van der Waals surface area (Å²) in [6.07, 6.45) is 0.316. The van der Waals surface area contributed by atoms with Crippen molar-refractivity contribution in [2.45, 2.75) is 25.2 Å². The van der Waals surface area contributed by atoms with Gasteiger partial charge in [-0.15, -0.1) is 0 Å². The molecule has 1 aromatic rings. The van der Waals surface area contributed by atoms with Crippen molar-refractivity contribution in [1.29, 1.82) is 0 Å². The summed E-state index contributed by atoms with van der Waals surface area (Å²) in [6.45, 7) is 3.38. The Kier molecular flexibility index (Phi) is 5.79. The number of benzene rings is 1. The number of nitro benzene ring substituents is 1. The number of sulfonamides is 1. The summed E-state index contributed by atoms with van der Waals surface area (Å²) in [7, 11) is -3.84. The number of nitro groups is 1. The van der Waals surface area contributed by atoms with Gasteiger partial charge in [-0.2, -0.15) is 0 Å². The van der Waals surface area contributed by atoms with Crippen LogP contribution in [0, 0.1) is 17.0 Å². The molecule has 1 amide bonds. The molecule has 2 N–H and O–H groups in total. The van der Waals surface area contributed by atoms with E-state index in [1.165, 1.54) is 19.1 Å². The van der Waals surface area contributed by atoms with Gasteiger partial charge < -0.3 is 5.32 Å². The lowest BCUT2D eigenvalue weighted by molar-refractivity contribution is -0.385. The highest BCUT2D eigenvalue weighted by Crippen LogP contribution is 2.21. The minimum atomic E-state index is -3.84. The highest BCUT2D eigenvalue weighted by atomic mass is 32.2. The molecule has 116 valence electrons. The third kappa shape index (κ3) is 4.80. The quantitative estimate of drug-likeness (QED) is 0.436. The summed E-state index contributed by atoms with van der Waals surface area (Å²) < 4.78 is 26.2. The lowest BCUT2D eigenvalue weighted by atomic mass is 10.2. The number of hydrogen-bond acceptors (Lipinski definition) is 5. The van der Waals surface area contributed by atoms with Crippen LogP contribution in [0.3, 0.4) is 0 Å². The molecule has 1 rings (SSSR count). The van der Waals surface area contributed by atoms with Gasteiger partial charge in [-0.1, -0.05) is 13.0 Å². The number of carbonyl (C=O) groups is 1. The fourth-order valence-corrected chi connectivity index (χ4v) is 2.60. The van der Waals surface area contributed by atoms with Crippen LogP contribution in [0.5, 0.6) is 0 Å². The Morgan fingerprint density at radius 1 is 1.33 bits per heavy atom. The summed E-state index contributed by atoms with van der Waals surface area (Å²) in [4.78, 5) is 21.0. The summed E-state index contributed by atoms with van der Waals surface area (Å²) >= 11 is 0. The Hall–Kier alpha value is -2.00. The summed E-state index contributed by atoms with van der Waals surface area (Å²) in [5, 5.41) is 13.3. The van der Waals surface area contributed by atoms with Gasteiger partial charge in [-0.3, -0.25) is 14.9 Å². The lowest BCUT2D eigenvalue weighted by Gasteiger charge is -2.08. The van der Waals surface area contributed by atoms with Crippen LogP contribution in [0.25, 0.3) is 0 Å². The topological polar surface area (TPSA) is 118 Å². The molecule has 0 aromatic heterocycles. The van der Waals surface area contributed by atoms with E-state index in [1.807, 2.05) is 0 Å². The molecule has 0 aliphatic rings. The predicted molar refractivity (Wildman–Crippen MR) is 76.3 cm³/mol.